The molecule has 4 aromatic rings. The number of fused-ring (bicyclic) bond motifs is 1. The number of hydrogen-bond donors (Lipinski definition) is 2. The first-order chi connectivity index (χ1) is 17.6. The third-order valence-electron chi connectivity index (χ3n) is 5.49. The summed E-state index contributed by atoms with van der Waals surface area (Å²) in [5.74, 6) is -2.39. The third kappa shape index (κ3) is 6.70. The number of rotatable bonds is 10. The van der Waals surface area contributed by atoms with Gasteiger partial charge in [0.15, 0.2) is 0 Å². The van der Waals surface area contributed by atoms with E-state index < -0.39 is 23.9 Å². The van der Waals surface area contributed by atoms with Crippen LogP contribution in [0.15, 0.2) is 103 Å². The molecule has 1 aromatic heterocycles. The third-order valence-corrected chi connectivity index (χ3v) is 5.49. The van der Waals surface area contributed by atoms with Gasteiger partial charge in [-0.2, -0.15) is 0 Å². The smallest absolute Gasteiger partial charge is 0.340 e. The van der Waals surface area contributed by atoms with Crippen LogP contribution in [0, 0.1) is 0 Å². The van der Waals surface area contributed by atoms with Gasteiger partial charge in [-0.1, -0.05) is 84.9 Å². The molecule has 0 aliphatic rings. The van der Waals surface area contributed by atoms with Crippen LogP contribution in [0.25, 0.3) is 10.9 Å². The largest absolute Gasteiger partial charge is 0.459 e. The Kier molecular flexibility index (Phi) is 8.27. The number of aromatic nitrogens is 1. The van der Waals surface area contributed by atoms with Crippen molar-refractivity contribution in [2.24, 2.45) is 0 Å². The highest BCUT2D eigenvalue weighted by atomic mass is 16.6. The second-order valence-electron chi connectivity index (χ2n) is 8.09. The number of benzene rings is 3. The number of aromatic amines is 1. The van der Waals surface area contributed by atoms with Gasteiger partial charge in [0.25, 0.3) is 0 Å². The summed E-state index contributed by atoms with van der Waals surface area (Å²) in [5.41, 5.74) is 3.54. The van der Waals surface area contributed by atoms with E-state index in [2.05, 4.69) is 10.3 Å². The Morgan fingerprint density at radius 3 is 1.94 bits per heavy atom. The van der Waals surface area contributed by atoms with E-state index in [1.165, 1.54) is 6.08 Å². The van der Waals surface area contributed by atoms with Crippen LogP contribution in [0.5, 0.6) is 0 Å². The molecule has 0 fully saturated rings. The van der Waals surface area contributed by atoms with Gasteiger partial charge in [0.05, 0.1) is 0 Å². The Morgan fingerprint density at radius 2 is 1.33 bits per heavy atom. The number of carbonyl (C=O) groups is 3. The molecule has 0 aliphatic carbocycles. The van der Waals surface area contributed by atoms with E-state index in [-0.39, 0.29) is 13.2 Å². The molecule has 0 saturated carbocycles. The molecule has 3 aromatic carbocycles. The molecule has 0 saturated heterocycles. The molecule has 2 N–H and O–H groups in total. The van der Waals surface area contributed by atoms with Crippen molar-refractivity contribution >= 4 is 28.7 Å². The van der Waals surface area contributed by atoms with Crippen molar-refractivity contribution in [1.29, 1.82) is 0 Å². The molecule has 182 valence electrons. The van der Waals surface area contributed by atoms with Crippen molar-refractivity contribution < 1.29 is 23.9 Å². The van der Waals surface area contributed by atoms with Gasteiger partial charge in [-0.25, -0.2) is 9.59 Å². The van der Waals surface area contributed by atoms with Gasteiger partial charge in [-0.15, -0.1) is 0 Å². The van der Waals surface area contributed by atoms with Gasteiger partial charge in [0.2, 0.25) is 11.9 Å². The van der Waals surface area contributed by atoms with Crippen LogP contribution in [0.3, 0.4) is 0 Å². The molecule has 1 amide bonds. The van der Waals surface area contributed by atoms with Gasteiger partial charge < -0.3 is 19.8 Å². The van der Waals surface area contributed by atoms with Gasteiger partial charge in [0.1, 0.15) is 13.2 Å². The molecule has 0 bridgehead atoms. The normalized spacial score (nSPS) is 11.0. The lowest BCUT2D eigenvalue weighted by Gasteiger charge is -2.16. The fourth-order valence-corrected chi connectivity index (χ4v) is 3.62. The van der Waals surface area contributed by atoms with Crippen molar-refractivity contribution in [2.45, 2.75) is 25.7 Å². The second-order valence-corrected chi connectivity index (χ2v) is 8.09. The maximum absolute atomic E-state index is 12.7. The van der Waals surface area contributed by atoms with Gasteiger partial charge >= 0.3 is 11.9 Å². The predicted molar refractivity (Wildman–Crippen MR) is 136 cm³/mol. The van der Waals surface area contributed by atoms with E-state index in [4.69, 9.17) is 9.47 Å². The monoisotopic (exact) mass is 482 g/mol. The number of H-pyrrole nitrogens is 1. The zero-order valence-electron chi connectivity index (χ0n) is 19.6. The Morgan fingerprint density at radius 1 is 0.778 bits per heavy atom. The molecule has 0 atom stereocenters. The van der Waals surface area contributed by atoms with E-state index in [0.29, 0.717) is 6.42 Å². The zero-order valence-corrected chi connectivity index (χ0v) is 19.6. The minimum atomic E-state index is -1.59. The molecule has 0 spiro atoms. The number of carbonyl (C=O) groups excluding carboxylic acids is 3. The Balaban J connectivity index is 1.39. The highest BCUT2D eigenvalue weighted by molar-refractivity contribution is 6.04. The summed E-state index contributed by atoms with van der Waals surface area (Å²) in [7, 11) is 0. The molecule has 1 heterocycles. The average Bonchev–Trinajstić information content (AvgIpc) is 3.33. The van der Waals surface area contributed by atoms with Crippen molar-refractivity contribution in [3.63, 3.8) is 0 Å². The maximum atomic E-state index is 12.7. The summed E-state index contributed by atoms with van der Waals surface area (Å²) in [4.78, 5) is 41.3. The van der Waals surface area contributed by atoms with Crippen LogP contribution in [0.4, 0.5) is 0 Å². The summed E-state index contributed by atoms with van der Waals surface area (Å²) < 4.78 is 10.6. The molecule has 0 radical (unpaired) electrons. The van der Waals surface area contributed by atoms with Crippen molar-refractivity contribution in [3.8, 4) is 0 Å². The van der Waals surface area contributed by atoms with E-state index in [1.807, 2.05) is 66.9 Å². The first kappa shape index (κ1) is 24.5. The van der Waals surface area contributed by atoms with Gasteiger partial charge in [0, 0.05) is 17.1 Å². The SMILES string of the molecule is O=C(C=CCc1c[nH]c2ccccc12)NC(C(=O)OCc1ccccc1)C(=O)OCc1ccccc1. The summed E-state index contributed by atoms with van der Waals surface area (Å²) in [6.45, 7) is -0.0666. The van der Waals surface area contributed by atoms with Crippen LogP contribution in [-0.4, -0.2) is 28.9 Å². The van der Waals surface area contributed by atoms with Crippen LogP contribution < -0.4 is 5.32 Å². The van der Waals surface area contributed by atoms with Crippen LogP contribution in [0.1, 0.15) is 16.7 Å². The number of para-hydroxylation sites is 1. The van der Waals surface area contributed by atoms with Crippen LogP contribution in [-0.2, 0) is 43.5 Å². The number of allylic oxidation sites excluding steroid dienone is 1. The lowest BCUT2D eigenvalue weighted by atomic mass is 10.1. The van der Waals surface area contributed by atoms with Crippen LogP contribution in [0.2, 0.25) is 0 Å². The first-order valence-electron chi connectivity index (χ1n) is 11.5. The standard InChI is InChI=1S/C29H26N2O5/c32-26(17-9-14-23-18-30-25-16-8-7-15-24(23)25)31-27(28(33)35-19-21-10-3-1-4-11-21)29(34)36-20-22-12-5-2-6-13-22/h1-13,15-18,27,30H,14,19-20H2,(H,31,32). The predicted octanol–water partition coefficient (Wildman–Crippen LogP) is 4.24. The van der Waals surface area contributed by atoms with Crippen LogP contribution >= 0.6 is 0 Å². The molecule has 0 unspecified atom stereocenters. The Hall–Kier alpha value is -4.65. The highest BCUT2D eigenvalue weighted by Crippen LogP contribution is 2.18. The van der Waals surface area contributed by atoms with E-state index in [9.17, 15) is 14.4 Å². The molecular weight excluding hydrogens is 456 g/mol. The van der Waals surface area contributed by atoms with E-state index >= 15 is 0 Å². The number of hydrogen-bond acceptors (Lipinski definition) is 5. The summed E-state index contributed by atoms with van der Waals surface area (Å²) in [6.07, 6.45) is 5.35. The van der Waals surface area contributed by atoms with Gasteiger partial charge in [-0.3, -0.25) is 4.79 Å². The summed E-state index contributed by atoms with van der Waals surface area (Å²) >= 11 is 0. The van der Waals surface area contributed by atoms with Crippen molar-refractivity contribution in [2.75, 3.05) is 0 Å². The second kappa shape index (κ2) is 12.2. The van der Waals surface area contributed by atoms with Crippen molar-refractivity contribution in [3.05, 3.63) is 120 Å². The quantitative estimate of drug-likeness (QED) is 0.200. The molecule has 7 heteroatoms. The molecule has 4 rings (SSSR count). The lowest BCUT2D eigenvalue weighted by Crippen LogP contribution is -2.47. The molecule has 0 aliphatic heterocycles. The van der Waals surface area contributed by atoms with E-state index in [1.54, 1.807) is 30.3 Å². The summed E-state index contributed by atoms with van der Waals surface area (Å²) in [6, 6.07) is 24.4. The fraction of sp³-hybridized carbons (Fsp3) is 0.138. The Bertz CT molecular complexity index is 1290. The number of nitrogens with one attached hydrogen (secondary N) is 2. The average molecular weight is 483 g/mol. The van der Waals surface area contributed by atoms with Crippen molar-refractivity contribution in [1.82, 2.24) is 10.3 Å². The number of amides is 1. The van der Waals surface area contributed by atoms with Gasteiger partial charge in [-0.05, 0) is 35.3 Å². The Labute approximate surface area is 208 Å². The molecule has 36 heavy (non-hydrogen) atoms. The molecule has 7 nitrogen and oxygen atoms in total. The first-order valence-corrected chi connectivity index (χ1v) is 11.5. The minimum Gasteiger partial charge on any atom is -0.459 e. The lowest BCUT2D eigenvalue weighted by molar-refractivity contribution is -0.161. The summed E-state index contributed by atoms with van der Waals surface area (Å²) in [5, 5.41) is 3.49. The minimum absolute atomic E-state index is 0.0333. The van der Waals surface area contributed by atoms with E-state index in [0.717, 1.165) is 27.6 Å². The maximum Gasteiger partial charge on any atom is 0.340 e. The number of ether oxygens (including phenoxy) is 2. The molecular formula is C29H26N2O5. The number of esters is 2. The topological polar surface area (TPSA) is 97.5 Å². The zero-order chi connectivity index (χ0) is 25.2. The fourth-order valence-electron chi connectivity index (χ4n) is 3.62. The highest BCUT2D eigenvalue weighted by Gasteiger charge is 2.31.